The lowest BCUT2D eigenvalue weighted by atomic mass is 9.76. The molecule has 7 aromatic carbocycles. The average molecular weight is 989 g/mol. The SMILES string of the molecule is CC(C)c1cccc(C(C)C)c1-c1cc(Oc2cc(C(C)(C)c3ccccc3)c3c4ccccc4n(-c4cc(C(C)(C)C)ccn4)c3c2)cc(N2CN(c3cccc(C(C)(C)c4ccccc4)c3)C=C2C(C)(C)C)c1. The van der Waals surface area contributed by atoms with Crippen molar-refractivity contribution in [1.82, 2.24) is 9.55 Å². The van der Waals surface area contributed by atoms with Crippen molar-refractivity contribution < 1.29 is 4.74 Å². The zero-order chi connectivity index (χ0) is 53.2. The summed E-state index contributed by atoms with van der Waals surface area (Å²) in [5.74, 6) is 3.06. The number of allylic oxidation sites excluding steroid dienone is 1. The van der Waals surface area contributed by atoms with Gasteiger partial charge in [0.25, 0.3) is 0 Å². The summed E-state index contributed by atoms with van der Waals surface area (Å²) in [6.45, 7) is 33.0. The van der Waals surface area contributed by atoms with Gasteiger partial charge < -0.3 is 14.5 Å². The van der Waals surface area contributed by atoms with Crippen LogP contribution >= 0.6 is 0 Å². The van der Waals surface area contributed by atoms with E-state index in [0.717, 1.165) is 39.6 Å². The average Bonchev–Trinajstić information content (AvgIpc) is 4.00. The fraction of sp³-hybridized carbons (Fsp3) is 0.300. The second kappa shape index (κ2) is 19.4. The van der Waals surface area contributed by atoms with Gasteiger partial charge >= 0.3 is 0 Å². The first-order valence-corrected chi connectivity index (χ1v) is 27.1. The van der Waals surface area contributed by atoms with Crippen LogP contribution in [-0.4, -0.2) is 16.2 Å². The van der Waals surface area contributed by atoms with Crippen LogP contribution in [0.2, 0.25) is 0 Å². The van der Waals surface area contributed by atoms with Crippen LogP contribution in [0, 0.1) is 5.41 Å². The Morgan fingerprint density at radius 2 is 1.09 bits per heavy atom. The Balaban J connectivity index is 1.18. The lowest BCUT2D eigenvalue weighted by Crippen LogP contribution is -2.30. The van der Waals surface area contributed by atoms with Crippen LogP contribution in [0.3, 0.4) is 0 Å². The third-order valence-electron chi connectivity index (χ3n) is 15.9. The van der Waals surface area contributed by atoms with Gasteiger partial charge in [0.15, 0.2) is 0 Å². The predicted octanol–water partition coefficient (Wildman–Crippen LogP) is 19.0. The summed E-state index contributed by atoms with van der Waals surface area (Å²) in [6.07, 6.45) is 4.33. The Morgan fingerprint density at radius 1 is 0.493 bits per heavy atom. The van der Waals surface area contributed by atoms with Gasteiger partial charge in [-0.25, -0.2) is 4.98 Å². The summed E-state index contributed by atoms with van der Waals surface area (Å²) in [7, 11) is 0. The molecule has 5 heteroatoms. The third-order valence-corrected chi connectivity index (χ3v) is 15.9. The molecule has 0 spiro atoms. The Kier molecular flexibility index (Phi) is 13.2. The van der Waals surface area contributed by atoms with Crippen LogP contribution < -0.4 is 14.5 Å². The van der Waals surface area contributed by atoms with Crippen molar-refractivity contribution in [2.45, 2.75) is 125 Å². The molecular weight excluding hydrogens is 913 g/mol. The maximum Gasteiger partial charge on any atom is 0.137 e. The lowest BCUT2D eigenvalue weighted by molar-refractivity contribution is 0.479. The van der Waals surface area contributed by atoms with Gasteiger partial charge in [-0.2, -0.15) is 0 Å². The van der Waals surface area contributed by atoms with Crippen LogP contribution in [-0.2, 0) is 16.2 Å². The molecule has 3 heterocycles. The van der Waals surface area contributed by atoms with Crippen LogP contribution in [0.15, 0.2) is 188 Å². The number of para-hydroxylation sites is 1. The first kappa shape index (κ1) is 51.1. The van der Waals surface area contributed by atoms with Crippen molar-refractivity contribution >= 4 is 33.2 Å². The Morgan fingerprint density at radius 3 is 1.73 bits per heavy atom. The van der Waals surface area contributed by atoms with Crippen LogP contribution in [0.25, 0.3) is 38.8 Å². The monoisotopic (exact) mass is 989 g/mol. The topological polar surface area (TPSA) is 33.5 Å². The van der Waals surface area contributed by atoms with Crippen molar-refractivity contribution in [3.63, 3.8) is 0 Å². The number of anilines is 2. The van der Waals surface area contributed by atoms with Gasteiger partial charge in [-0.15, -0.1) is 0 Å². The Hall–Kier alpha value is -7.37. The molecule has 0 saturated carbocycles. The number of hydrogen-bond donors (Lipinski definition) is 0. The first-order valence-electron chi connectivity index (χ1n) is 27.1. The van der Waals surface area contributed by atoms with Gasteiger partial charge in [-0.1, -0.05) is 206 Å². The van der Waals surface area contributed by atoms with E-state index in [9.17, 15) is 0 Å². The van der Waals surface area contributed by atoms with E-state index >= 15 is 0 Å². The highest BCUT2D eigenvalue weighted by atomic mass is 16.5. The molecule has 0 N–H and O–H groups in total. The normalized spacial score (nSPS) is 13.7. The summed E-state index contributed by atoms with van der Waals surface area (Å²) < 4.78 is 9.87. The molecular formula is C70H76N4O. The standard InChI is InChI=1S/C70H76N4O/c1-46(2)57-32-24-33-58(47(3)4)65(57)48-37-54(73-45-72(44-63(73)68(8,9)10)53-30-23-29-52(39-53)69(11,12)49-25-17-15-18-26-49)41-55(38-48)75-56-42-60(70(13,14)50-27-19-16-20-28-50)66-59-31-21-22-34-61(59)74(62(66)43-56)64-40-51(35-36-71-64)67(5,6)7/h15-44,46-47H,45H2,1-14H3. The molecule has 75 heavy (non-hydrogen) atoms. The maximum absolute atomic E-state index is 7.52. The summed E-state index contributed by atoms with van der Waals surface area (Å²) in [6, 6.07) is 62.5. The van der Waals surface area contributed by atoms with E-state index in [1.54, 1.807) is 0 Å². The van der Waals surface area contributed by atoms with E-state index in [4.69, 9.17) is 9.72 Å². The van der Waals surface area contributed by atoms with Crippen LogP contribution in [0.5, 0.6) is 11.5 Å². The summed E-state index contributed by atoms with van der Waals surface area (Å²) in [5.41, 5.74) is 16.2. The molecule has 0 atom stereocenters. The Bertz CT molecular complexity index is 3550. The van der Waals surface area contributed by atoms with E-state index in [-0.39, 0.29) is 16.2 Å². The maximum atomic E-state index is 7.52. The molecule has 1 aliphatic rings. The van der Waals surface area contributed by atoms with Crippen LogP contribution in [0.4, 0.5) is 11.4 Å². The Labute approximate surface area is 447 Å². The zero-order valence-corrected chi connectivity index (χ0v) is 46.9. The minimum Gasteiger partial charge on any atom is -0.457 e. The van der Waals surface area contributed by atoms with Crippen LogP contribution in [0.1, 0.15) is 148 Å². The second-order valence-electron chi connectivity index (χ2n) is 24.6. The molecule has 0 fully saturated rings. The number of rotatable bonds is 12. The quantitative estimate of drug-likeness (QED) is 0.122. The molecule has 5 nitrogen and oxygen atoms in total. The second-order valence-corrected chi connectivity index (χ2v) is 24.6. The highest BCUT2D eigenvalue weighted by molar-refractivity contribution is 6.12. The molecule has 2 aromatic heterocycles. The highest BCUT2D eigenvalue weighted by Crippen LogP contribution is 2.48. The smallest absolute Gasteiger partial charge is 0.137 e. The number of ether oxygens (including phenoxy) is 1. The lowest BCUT2D eigenvalue weighted by Gasteiger charge is -2.32. The number of fused-ring (bicyclic) bond motifs is 3. The highest BCUT2D eigenvalue weighted by Gasteiger charge is 2.34. The van der Waals surface area contributed by atoms with Gasteiger partial charge in [-0.05, 0) is 116 Å². The van der Waals surface area contributed by atoms with E-state index in [2.05, 4.69) is 287 Å². The summed E-state index contributed by atoms with van der Waals surface area (Å²) in [4.78, 5) is 10.0. The molecule has 0 unspecified atom stereocenters. The molecule has 0 amide bonds. The van der Waals surface area contributed by atoms with Gasteiger partial charge in [0.05, 0.1) is 17.7 Å². The molecule has 0 radical (unpaired) electrons. The zero-order valence-electron chi connectivity index (χ0n) is 46.9. The molecule has 0 aliphatic carbocycles. The summed E-state index contributed by atoms with van der Waals surface area (Å²) in [5, 5.41) is 2.39. The molecule has 382 valence electrons. The third kappa shape index (κ3) is 9.67. The molecule has 10 rings (SSSR count). The van der Waals surface area contributed by atoms with E-state index in [1.807, 2.05) is 6.20 Å². The van der Waals surface area contributed by atoms with Gasteiger partial charge in [-0.3, -0.25) is 4.57 Å². The first-order chi connectivity index (χ1) is 35.6. The van der Waals surface area contributed by atoms with Crippen molar-refractivity contribution in [2.24, 2.45) is 5.41 Å². The van der Waals surface area contributed by atoms with Crippen molar-refractivity contribution in [3.05, 3.63) is 227 Å². The van der Waals surface area contributed by atoms with Gasteiger partial charge in [0.1, 0.15) is 17.3 Å². The van der Waals surface area contributed by atoms with E-state index < -0.39 is 5.41 Å². The number of benzene rings is 7. The minimum atomic E-state index is -0.400. The van der Waals surface area contributed by atoms with Crippen molar-refractivity contribution in [3.8, 4) is 28.4 Å². The van der Waals surface area contributed by atoms with Crippen molar-refractivity contribution in [1.29, 1.82) is 0 Å². The van der Waals surface area contributed by atoms with E-state index in [1.165, 1.54) is 66.7 Å². The molecule has 0 bridgehead atoms. The fourth-order valence-corrected chi connectivity index (χ4v) is 11.4. The molecule has 0 saturated heterocycles. The number of pyridine rings is 1. The number of nitrogens with zero attached hydrogens (tertiary/aromatic N) is 4. The predicted molar refractivity (Wildman–Crippen MR) is 318 cm³/mol. The number of hydrogen-bond acceptors (Lipinski definition) is 4. The van der Waals surface area contributed by atoms with Gasteiger partial charge in [0.2, 0.25) is 0 Å². The molecule has 1 aliphatic heterocycles. The van der Waals surface area contributed by atoms with Crippen molar-refractivity contribution in [2.75, 3.05) is 16.5 Å². The number of aromatic nitrogens is 2. The minimum absolute atomic E-state index is 0.0603. The largest absolute Gasteiger partial charge is 0.457 e. The van der Waals surface area contributed by atoms with E-state index in [0.29, 0.717) is 18.5 Å². The molecule has 9 aromatic rings. The fourth-order valence-electron chi connectivity index (χ4n) is 11.4. The summed E-state index contributed by atoms with van der Waals surface area (Å²) >= 11 is 0. The van der Waals surface area contributed by atoms with Gasteiger partial charge in [0, 0.05) is 68.6 Å².